The molecule has 0 saturated heterocycles. The Morgan fingerprint density at radius 1 is 1.20 bits per heavy atom. The highest BCUT2D eigenvalue weighted by atomic mass is 16.5. The second-order valence-corrected chi connectivity index (χ2v) is 4.02. The van der Waals surface area contributed by atoms with Crippen LogP contribution in [-0.2, 0) is 4.74 Å². The van der Waals surface area contributed by atoms with Crippen LogP contribution in [0.3, 0.4) is 0 Å². The van der Waals surface area contributed by atoms with Crippen molar-refractivity contribution in [2.45, 2.75) is 6.92 Å². The molecule has 0 unspecified atom stereocenters. The van der Waals surface area contributed by atoms with Crippen LogP contribution in [0.4, 0.5) is 0 Å². The fourth-order valence-corrected chi connectivity index (χ4v) is 1.81. The minimum absolute atomic E-state index is 0.170. The second-order valence-electron chi connectivity index (χ2n) is 4.02. The lowest BCUT2D eigenvalue weighted by atomic mass is 10.0. The lowest BCUT2D eigenvalue weighted by molar-refractivity contribution is 0.0526. The van der Waals surface area contributed by atoms with Crippen LogP contribution in [0.2, 0.25) is 0 Å². The van der Waals surface area contributed by atoms with Crippen molar-refractivity contribution in [1.82, 2.24) is 4.98 Å². The van der Waals surface area contributed by atoms with Gasteiger partial charge < -0.3 is 9.84 Å². The molecule has 1 N–H and O–H groups in total. The van der Waals surface area contributed by atoms with Crippen molar-refractivity contribution in [3.63, 3.8) is 0 Å². The summed E-state index contributed by atoms with van der Waals surface area (Å²) in [5.74, 6) is -1.42. The van der Waals surface area contributed by atoms with Crippen molar-refractivity contribution in [1.29, 1.82) is 0 Å². The number of aromatic nitrogens is 1. The molecule has 0 amide bonds. The Balaban J connectivity index is 2.36. The molecule has 1 aromatic carbocycles. The highest BCUT2D eigenvalue weighted by molar-refractivity contribution is 5.96. The third-order valence-corrected chi connectivity index (χ3v) is 2.76. The maximum Gasteiger partial charge on any atom is 0.338 e. The molecule has 2 aromatic rings. The van der Waals surface area contributed by atoms with Gasteiger partial charge in [-0.3, -0.25) is 4.98 Å². The van der Waals surface area contributed by atoms with E-state index in [4.69, 9.17) is 9.84 Å². The first-order valence-corrected chi connectivity index (χ1v) is 6.08. The second kappa shape index (κ2) is 5.97. The Hall–Kier alpha value is -2.69. The van der Waals surface area contributed by atoms with Crippen molar-refractivity contribution in [3.05, 3.63) is 53.9 Å². The third kappa shape index (κ3) is 2.83. The molecule has 0 saturated carbocycles. The average Bonchev–Trinajstić information content (AvgIpc) is 2.47. The molecular weight excluding hydrogens is 258 g/mol. The molecule has 2 rings (SSSR count). The van der Waals surface area contributed by atoms with Crippen LogP contribution in [0.1, 0.15) is 27.6 Å². The molecule has 1 aromatic heterocycles. The van der Waals surface area contributed by atoms with Gasteiger partial charge in [0, 0.05) is 18.0 Å². The number of carbonyl (C=O) groups excluding carboxylic acids is 1. The van der Waals surface area contributed by atoms with E-state index in [-0.39, 0.29) is 5.56 Å². The highest BCUT2D eigenvalue weighted by Gasteiger charge is 2.12. The quantitative estimate of drug-likeness (QED) is 0.865. The molecule has 0 atom stereocenters. The monoisotopic (exact) mass is 271 g/mol. The number of nitrogens with zero attached hydrogens (tertiary/aromatic N) is 1. The fourth-order valence-electron chi connectivity index (χ4n) is 1.81. The van der Waals surface area contributed by atoms with Crippen molar-refractivity contribution >= 4 is 11.9 Å². The zero-order valence-electron chi connectivity index (χ0n) is 10.9. The zero-order chi connectivity index (χ0) is 14.5. The lowest BCUT2D eigenvalue weighted by Gasteiger charge is -2.06. The summed E-state index contributed by atoms with van der Waals surface area (Å²) in [5, 5.41) is 9.14. The summed E-state index contributed by atoms with van der Waals surface area (Å²) in [4.78, 5) is 26.6. The number of ether oxygens (including phenoxy) is 1. The number of hydrogen-bond donors (Lipinski definition) is 1. The first-order valence-electron chi connectivity index (χ1n) is 6.08. The topological polar surface area (TPSA) is 76.5 Å². The summed E-state index contributed by atoms with van der Waals surface area (Å²) in [6.07, 6.45) is 2.92. The van der Waals surface area contributed by atoms with Gasteiger partial charge in [-0.05, 0) is 30.7 Å². The summed E-state index contributed by atoms with van der Waals surface area (Å²) < 4.78 is 4.89. The molecule has 0 aliphatic carbocycles. The van der Waals surface area contributed by atoms with Crippen LogP contribution in [-0.4, -0.2) is 28.6 Å². The molecule has 1 heterocycles. The molecule has 5 nitrogen and oxygen atoms in total. The Labute approximate surface area is 115 Å². The van der Waals surface area contributed by atoms with E-state index in [0.717, 1.165) is 0 Å². The van der Waals surface area contributed by atoms with E-state index < -0.39 is 11.9 Å². The number of benzene rings is 1. The Kier molecular flexibility index (Phi) is 4.10. The van der Waals surface area contributed by atoms with Gasteiger partial charge in [-0.25, -0.2) is 9.59 Å². The SMILES string of the molecule is CCOC(=O)c1ccc(-c2cnccc2C(=O)O)cc1. The molecule has 0 fully saturated rings. The Bertz CT molecular complexity index is 635. The fraction of sp³-hybridized carbons (Fsp3) is 0.133. The lowest BCUT2D eigenvalue weighted by Crippen LogP contribution is -2.04. The van der Waals surface area contributed by atoms with Crippen LogP contribution in [0, 0.1) is 0 Å². The number of carbonyl (C=O) groups is 2. The maximum absolute atomic E-state index is 11.5. The van der Waals surface area contributed by atoms with Gasteiger partial charge >= 0.3 is 11.9 Å². The molecule has 0 spiro atoms. The van der Waals surface area contributed by atoms with Crippen LogP contribution < -0.4 is 0 Å². The van der Waals surface area contributed by atoms with Crippen LogP contribution in [0.15, 0.2) is 42.7 Å². The van der Waals surface area contributed by atoms with Gasteiger partial charge in [0.05, 0.1) is 17.7 Å². The smallest absolute Gasteiger partial charge is 0.338 e. The van der Waals surface area contributed by atoms with E-state index in [9.17, 15) is 9.59 Å². The standard InChI is InChI=1S/C15H13NO4/c1-2-20-15(19)11-5-3-10(4-6-11)13-9-16-8-7-12(13)14(17)18/h3-9H,2H2,1H3,(H,17,18). The number of esters is 1. The van der Waals surface area contributed by atoms with E-state index in [0.29, 0.717) is 23.3 Å². The van der Waals surface area contributed by atoms with Crippen LogP contribution in [0.25, 0.3) is 11.1 Å². The third-order valence-electron chi connectivity index (χ3n) is 2.76. The van der Waals surface area contributed by atoms with Crippen molar-refractivity contribution in [3.8, 4) is 11.1 Å². The average molecular weight is 271 g/mol. The van der Waals surface area contributed by atoms with Crippen molar-refractivity contribution in [2.75, 3.05) is 6.61 Å². The van der Waals surface area contributed by atoms with E-state index >= 15 is 0 Å². The minimum atomic E-state index is -1.02. The van der Waals surface area contributed by atoms with Gasteiger partial charge in [0.1, 0.15) is 0 Å². The van der Waals surface area contributed by atoms with Crippen LogP contribution >= 0.6 is 0 Å². The Morgan fingerprint density at radius 3 is 2.50 bits per heavy atom. The molecule has 0 bridgehead atoms. The number of hydrogen-bond acceptors (Lipinski definition) is 4. The van der Waals surface area contributed by atoms with E-state index in [1.165, 1.54) is 18.5 Å². The molecule has 20 heavy (non-hydrogen) atoms. The summed E-state index contributed by atoms with van der Waals surface area (Å²) in [5.41, 5.74) is 1.79. The summed E-state index contributed by atoms with van der Waals surface area (Å²) >= 11 is 0. The molecular formula is C15H13NO4. The van der Waals surface area contributed by atoms with E-state index in [1.54, 1.807) is 31.2 Å². The number of rotatable bonds is 4. The first kappa shape index (κ1) is 13.7. The van der Waals surface area contributed by atoms with E-state index in [1.807, 2.05) is 0 Å². The predicted octanol–water partition coefficient (Wildman–Crippen LogP) is 2.62. The van der Waals surface area contributed by atoms with Gasteiger partial charge in [0.25, 0.3) is 0 Å². The molecule has 102 valence electrons. The highest BCUT2D eigenvalue weighted by Crippen LogP contribution is 2.23. The molecule has 5 heteroatoms. The Morgan fingerprint density at radius 2 is 1.90 bits per heavy atom. The van der Waals surface area contributed by atoms with Crippen molar-refractivity contribution < 1.29 is 19.4 Å². The van der Waals surface area contributed by atoms with Gasteiger partial charge in [-0.2, -0.15) is 0 Å². The minimum Gasteiger partial charge on any atom is -0.478 e. The maximum atomic E-state index is 11.5. The van der Waals surface area contributed by atoms with Gasteiger partial charge in [0.15, 0.2) is 0 Å². The van der Waals surface area contributed by atoms with Gasteiger partial charge in [0.2, 0.25) is 0 Å². The summed E-state index contributed by atoms with van der Waals surface area (Å²) in [7, 11) is 0. The summed E-state index contributed by atoms with van der Waals surface area (Å²) in [6, 6.07) is 8.00. The van der Waals surface area contributed by atoms with Crippen LogP contribution in [0.5, 0.6) is 0 Å². The number of aromatic carboxylic acids is 1. The molecule has 0 aliphatic heterocycles. The predicted molar refractivity (Wildman–Crippen MR) is 72.6 cm³/mol. The van der Waals surface area contributed by atoms with Crippen molar-refractivity contribution in [2.24, 2.45) is 0 Å². The molecule has 0 aliphatic rings. The molecule has 0 radical (unpaired) electrons. The number of carboxylic acids is 1. The summed E-state index contributed by atoms with van der Waals surface area (Å²) in [6.45, 7) is 2.05. The first-order chi connectivity index (χ1) is 9.63. The van der Waals surface area contributed by atoms with Gasteiger partial charge in [-0.15, -0.1) is 0 Å². The zero-order valence-corrected chi connectivity index (χ0v) is 10.9. The number of carboxylic acid groups (broad SMARTS) is 1. The van der Waals surface area contributed by atoms with Gasteiger partial charge in [-0.1, -0.05) is 12.1 Å². The largest absolute Gasteiger partial charge is 0.478 e. The normalized spacial score (nSPS) is 10.1. The number of pyridine rings is 1. The van der Waals surface area contributed by atoms with E-state index in [2.05, 4.69) is 4.98 Å².